The highest BCUT2D eigenvalue weighted by molar-refractivity contribution is 7.01. The molecule has 180 valence electrons. The van der Waals surface area contributed by atoms with Crippen molar-refractivity contribution in [1.82, 2.24) is 0 Å². The molecule has 0 nitrogen and oxygen atoms in total. The van der Waals surface area contributed by atoms with E-state index in [1.807, 2.05) is 0 Å². The van der Waals surface area contributed by atoms with E-state index in [0.29, 0.717) is 0 Å². The lowest BCUT2D eigenvalue weighted by atomic mass is 9.33. The van der Waals surface area contributed by atoms with E-state index < -0.39 is 0 Å². The first-order chi connectivity index (χ1) is 18.6. The van der Waals surface area contributed by atoms with Crippen LogP contribution >= 0.6 is 0 Å². The Bertz CT molecular complexity index is 1760. The molecular weight excluding hydrogens is 455 g/mol. The van der Waals surface area contributed by atoms with Crippen molar-refractivity contribution in [2.24, 2.45) is 0 Å². The van der Waals surface area contributed by atoms with E-state index in [2.05, 4.69) is 142 Å². The van der Waals surface area contributed by atoms with Crippen molar-refractivity contribution >= 4 is 66.2 Å². The lowest BCUT2D eigenvalue weighted by Gasteiger charge is -2.26. The van der Waals surface area contributed by atoms with Gasteiger partial charge in [-0.25, -0.2) is 0 Å². The molecule has 0 spiro atoms. The van der Waals surface area contributed by atoms with Gasteiger partial charge in [-0.05, 0) is 76.0 Å². The van der Waals surface area contributed by atoms with Crippen molar-refractivity contribution in [3.05, 3.63) is 138 Å². The summed E-state index contributed by atoms with van der Waals surface area (Å²) in [6.45, 7) is 6.87. The van der Waals surface area contributed by atoms with E-state index in [4.69, 9.17) is 0 Å². The number of rotatable bonds is 3. The van der Waals surface area contributed by atoms with E-state index in [1.54, 1.807) is 0 Å². The zero-order valence-corrected chi connectivity index (χ0v) is 22.1. The van der Waals surface area contributed by atoms with E-state index in [-0.39, 0.29) is 6.71 Å². The zero-order valence-electron chi connectivity index (χ0n) is 22.1. The Kier molecular flexibility index (Phi) is 5.34. The second-order valence-corrected chi connectivity index (χ2v) is 10.7. The summed E-state index contributed by atoms with van der Waals surface area (Å²) in [5, 5.41) is 10.5. The van der Waals surface area contributed by atoms with Crippen molar-refractivity contribution in [1.29, 1.82) is 0 Å². The molecule has 0 unspecified atom stereocenters. The molecule has 0 aromatic heterocycles. The maximum Gasteiger partial charge on any atom is 0.245 e. The number of fused-ring (bicyclic) bond motifs is 4. The topological polar surface area (TPSA) is 0 Å². The molecule has 7 aromatic carbocycles. The molecular formula is C37H29B. The molecule has 0 aliphatic heterocycles. The fourth-order valence-corrected chi connectivity index (χ4v) is 6.80. The van der Waals surface area contributed by atoms with Gasteiger partial charge >= 0.3 is 0 Å². The van der Waals surface area contributed by atoms with Crippen molar-refractivity contribution < 1.29 is 0 Å². The molecule has 38 heavy (non-hydrogen) atoms. The van der Waals surface area contributed by atoms with Gasteiger partial charge in [0.2, 0.25) is 6.71 Å². The summed E-state index contributed by atoms with van der Waals surface area (Å²) in [6, 6.07) is 45.1. The van der Waals surface area contributed by atoms with Gasteiger partial charge < -0.3 is 0 Å². The summed E-state index contributed by atoms with van der Waals surface area (Å²) in [5.41, 5.74) is 8.22. The van der Waals surface area contributed by atoms with Crippen LogP contribution in [0.1, 0.15) is 16.7 Å². The Morgan fingerprint density at radius 3 is 1.03 bits per heavy atom. The smallest absolute Gasteiger partial charge is 0.0628 e. The maximum absolute atomic E-state index is 2.36. The van der Waals surface area contributed by atoms with Gasteiger partial charge in [-0.3, -0.25) is 0 Å². The minimum atomic E-state index is 0.0719. The molecule has 1 heteroatoms. The molecule has 0 aliphatic carbocycles. The third-order valence-electron chi connectivity index (χ3n) is 8.23. The lowest BCUT2D eigenvalue weighted by Crippen LogP contribution is -2.55. The van der Waals surface area contributed by atoms with Gasteiger partial charge in [-0.2, -0.15) is 0 Å². The minimum absolute atomic E-state index is 0.0719. The molecule has 0 saturated heterocycles. The van der Waals surface area contributed by atoms with Gasteiger partial charge in [0.15, 0.2) is 0 Å². The summed E-state index contributed by atoms with van der Waals surface area (Å²) in [5.74, 6) is 0. The van der Waals surface area contributed by atoms with Crippen LogP contribution in [0.4, 0.5) is 0 Å². The van der Waals surface area contributed by atoms with Crippen LogP contribution in [0.25, 0.3) is 43.1 Å². The Labute approximate surface area is 224 Å². The first-order valence-corrected chi connectivity index (χ1v) is 13.5. The van der Waals surface area contributed by atoms with Gasteiger partial charge in [0, 0.05) is 0 Å². The molecule has 7 rings (SSSR count). The van der Waals surface area contributed by atoms with Gasteiger partial charge in [0.1, 0.15) is 0 Å². The largest absolute Gasteiger partial charge is 0.245 e. The lowest BCUT2D eigenvalue weighted by molar-refractivity contribution is 1.35. The quantitative estimate of drug-likeness (QED) is 0.178. The third kappa shape index (κ3) is 3.54. The summed E-state index contributed by atoms with van der Waals surface area (Å²) < 4.78 is 0. The van der Waals surface area contributed by atoms with E-state index in [0.717, 1.165) is 0 Å². The summed E-state index contributed by atoms with van der Waals surface area (Å²) >= 11 is 0. The monoisotopic (exact) mass is 484 g/mol. The molecule has 0 amide bonds. The maximum atomic E-state index is 2.36. The van der Waals surface area contributed by atoms with E-state index >= 15 is 0 Å². The van der Waals surface area contributed by atoms with Gasteiger partial charge in [0.05, 0.1) is 0 Å². The standard InChI is InChI=1S/C37H29B/c1-24-20-25(2)35(26(3)21-24)38(36-31-16-8-4-12-27(31)22-28-13-5-9-17-32(28)36)37-33-18-10-6-14-29(33)23-30-15-7-11-19-34(30)37/h4-23H,1-3H3. The average molecular weight is 484 g/mol. The molecule has 0 heterocycles. The summed E-state index contributed by atoms with van der Waals surface area (Å²) in [6.07, 6.45) is 0. The molecule has 0 bridgehead atoms. The van der Waals surface area contributed by atoms with Crippen LogP contribution in [0.5, 0.6) is 0 Å². The SMILES string of the molecule is Cc1cc(C)c(B(c2c3ccccc3cc3ccccc23)c2c3ccccc3cc3ccccc23)c(C)c1. The Morgan fingerprint density at radius 2 is 0.684 bits per heavy atom. The highest BCUT2D eigenvalue weighted by Crippen LogP contribution is 2.27. The molecule has 0 radical (unpaired) electrons. The zero-order chi connectivity index (χ0) is 25.8. The average Bonchev–Trinajstić information content (AvgIpc) is 2.93. The fraction of sp³-hybridized carbons (Fsp3) is 0.0811. The van der Waals surface area contributed by atoms with Gasteiger partial charge in [0.25, 0.3) is 0 Å². The normalized spacial score (nSPS) is 11.6. The fourth-order valence-electron chi connectivity index (χ4n) is 6.80. The first kappa shape index (κ1) is 22.8. The van der Waals surface area contributed by atoms with Crippen molar-refractivity contribution in [3.8, 4) is 0 Å². The predicted octanol–water partition coefficient (Wildman–Crippen LogP) is 7.74. The van der Waals surface area contributed by atoms with Crippen LogP contribution in [0.2, 0.25) is 0 Å². The van der Waals surface area contributed by atoms with Crippen LogP contribution in [0.3, 0.4) is 0 Å². The van der Waals surface area contributed by atoms with Crippen LogP contribution in [-0.2, 0) is 0 Å². The van der Waals surface area contributed by atoms with Gasteiger partial charge in [-0.15, -0.1) is 0 Å². The molecule has 0 N–H and O–H groups in total. The molecule has 7 aromatic rings. The van der Waals surface area contributed by atoms with Crippen LogP contribution in [-0.4, -0.2) is 6.71 Å². The van der Waals surface area contributed by atoms with Gasteiger partial charge in [-0.1, -0.05) is 142 Å². The third-order valence-corrected chi connectivity index (χ3v) is 8.23. The van der Waals surface area contributed by atoms with Crippen LogP contribution in [0.15, 0.2) is 121 Å². The predicted molar refractivity (Wildman–Crippen MR) is 168 cm³/mol. The van der Waals surface area contributed by atoms with E-state index in [9.17, 15) is 0 Å². The Balaban J connectivity index is 1.76. The highest BCUT2D eigenvalue weighted by atomic mass is 14.2. The Morgan fingerprint density at radius 1 is 0.368 bits per heavy atom. The summed E-state index contributed by atoms with van der Waals surface area (Å²) in [7, 11) is 0. The van der Waals surface area contributed by atoms with Crippen LogP contribution in [0, 0.1) is 20.8 Å². The number of hydrogen-bond acceptors (Lipinski definition) is 0. The highest BCUT2D eigenvalue weighted by Gasteiger charge is 2.31. The molecule has 0 atom stereocenters. The van der Waals surface area contributed by atoms with Crippen molar-refractivity contribution in [2.75, 3.05) is 0 Å². The first-order valence-electron chi connectivity index (χ1n) is 13.5. The molecule has 0 aliphatic rings. The number of benzene rings is 7. The second kappa shape index (κ2) is 8.89. The second-order valence-electron chi connectivity index (χ2n) is 10.7. The molecule has 0 saturated carbocycles. The summed E-state index contributed by atoms with van der Waals surface area (Å²) in [4.78, 5) is 0. The minimum Gasteiger partial charge on any atom is -0.0628 e. The van der Waals surface area contributed by atoms with E-state index in [1.165, 1.54) is 76.2 Å². The van der Waals surface area contributed by atoms with Crippen LogP contribution < -0.4 is 16.4 Å². The Hall–Kier alpha value is -4.36. The molecule has 0 fully saturated rings. The van der Waals surface area contributed by atoms with Crippen molar-refractivity contribution in [2.45, 2.75) is 20.8 Å². The number of aryl methyl sites for hydroxylation is 3. The number of hydrogen-bond donors (Lipinski definition) is 0. The van der Waals surface area contributed by atoms with Crippen molar-refractivity contribution in [3.63, 3.8) is 0 Å².